The normalized spacial score (nSPS) is 21.9. The summed E-state index contributed by atoms with van der Waals surface area (Å²) in [6.07, 6.45) is 4.97. The summed E-state index contributed by atoms with van der Waals surface area (Å²) >= 11 is 6.01. The van der Waals surface area contributed by atoms with E-state index in [1.165, 1.54) is 6.42 Å². The molecule has 1 unspecified atom stereocenters. The summed E-state index contributed by atoms with van der Waals surface area (Å²) < 4.78 is 11.8. The van der Waals surface area contributed by atoms with Crippen LogP contribution in [-0.2, 0) is 19.1 Å². The molecule has 1 aliphatic carbocycles. The van der Waals surface area contributed by atoms with E-state index in [0.29, 0.717) is 17.3 Å². The summed E-state index contributed by atoms with van der Waals surface area (Å²) in [5, 5.41) is 5.72. The number of hydrogen-bond donors (Lipinski definition) is 2. The summed E-state index contributed by atoms with van der Waals surface area (Å²) in [7, 11) is 0. The summed E-state index contributed by atoms with van der Waals surface area (Å²) in [6.45, 7) is 2.47. The maximum absolute atomic E-state index is 12.0. The maximum Gasteiger partial charge on any atom is 0.313 e. The molecule has 1 aliphatic heterocycles. The number of benzene rings is 1. The predicted octanol–water partition coefficient (Wildman–Crippen LogP) is 2.78. The highest BCUT2D eigenvalue weighted by Gasteiger charge is 2.42. The van der Waals surface area contributed by atoms with E-state index >= 15 is 0 Å². The number of carbonyl (C=O) groups is 2. The first kappa shape index (κ1) is 18.2. The van der Waals surface area contributed by atoms with E-state index in [4.69, 9.17) is 21.1 Å². The first-order valence-electron chi connectivity index (χ1n) is 8.65. The highest BCUT2D eigenvalue weighted by molar-refractivity contribution is 6.40. The lowest BCUT2D eigenvalue weighted by atomic mass is 9.94. The SMILES string of the molecule is Cc1c(Cl)cccc1NC(=O)C(=O)NCC1COC2(CCCCC2)O1. The van der Waals surface area contributed by atoms with Gasteiger partial charge in [0.25, 0.3) is 0 Å². The van der Waals surface area contributed by atoms with Crippen molar-refractivity contribution in [1.82, 2.24) is 5.32 Å². The second kappa shape index (κ2) is 7.72. The third-order valence-electron chi connectivity index (χ3n) is 4.74. The van der Waals surface area contributed by atoms with Crippen LogP contribution in [0.5, 0.6) is 0 Å². The van der Waals surface area contributed by atoms with Crippen molar-refractivity contribution in [2.24, 2.45) is 0 Å². The van der Waals surface area contributed by atoms with E-state index in [9.17, 15) is 9.59 Å². The smallest absolute Gasteiger partial charge is 0.313 e. The van der Waals surface area contributed by atoms with Crippen molar-refractivity contribution in [2.75, 3.05) is 18.5 Å². The molecule has 2 aliphatic rings. The molecule has 0 radical (unpaired) electrons. The van der Waals surface area contributed by atoms with E-state index in [1.807, 2.05) is 0 Å². The monoisotopic (exact) mass is 366 g/mol. The molecule has 3 rings (SSSR count). The summed E-state index contributed by atoms with van der Waals surface area (Å²) in [5.41, 5.74) is 1.24. The van der Waals surface area contributed by atoms with Gasteiger partial charge in [-0.15, -0.1) is 0 Å². The Balaban J connectivity index is 1.48. The number of nitrogens with one attached hydrogen (secondary N) is 2. The van der Waals surface area contributed by atoms with Gasteiger partial charge in [0.2, 0.25) is 0 Å². The van der Waals surface area contributed by atoms with Gasteiger partial charge in [0, 0.05) is 30.1 Å². The van der Waals surface area contributed by atoms with Gasteiger partial charge in [-0.25, -0.2) is 0 Å². The van der Waals surface area contributed by atoms with E-state index in [2.05, 4.69) is 10.6 Å². The largest absolute Gasteiger partial charge is 0.347 e. The fourth-order valence-electron chi connectivity index (χ4n) is 3.28. The van der Waals surface area contributed by atoms with E-state index in [1.54, 1.807) is 25.1 Å². The molecule has 0 aromatic heterocycles. The van der Waals surface area contributed by atoms with Crippen LogP contribution in [0.25, 0.3) is 0 Å². The van der Waals surface area contributed by atoms with Crippen LogP contribution in [-0.4, -0.2) is 36.9 Å². The quantitative estimate of drug-likeness (QED) is 0.806. The van der Waals surface area contributed by atoms with Gasteiger partial charge in [-0.2, -0.15) is 0 Å². The van der Waals surface area contributed by atoms with Gasteiger partial charge < -0.3 is 20.1 Å². The first-order valence-corrected chi connectivity index (χ1v) is 9.03. The highest BCUT2D eigenvalue weighted by Crippen LogP contribution is 2.37. The number of halogens is 1. The fraction of sp³-hybridized carbons (Fsp3) is 0.556. The zero-order valence-electron chi connectivity index (χ0n) is 14.3. The lowest BCUT2D eigenvalue weighted by Crippen LogP contribution is -2.41. The van der Waals surface area contributed by atoms with Crippen molar-refractivity contribution in [1.29, 1.82) is 0 Å². The van der Waals surface area contributed by atoms with Gasteiger partial charge in [-0.1, -0.05) is 24.1 Å². The Morgan fingerprint density at radius 3 is 2.76 bits per heavy atom. The molecule has 2 N–H and O–H groups in total. The maximum atomic E-state index is 12.0. The Morgan fingerprint density at radius 1 is 1.24 bits per heavy atom. The molecule has 25 heavy (non-hydrogen) atoms. The van der Waals surface area contributed by atoms with E-state index in [-0.39, 0.29) is 12.6 Å². The third kappa shape index (κ3) is 4.32. The fourth-order valence-corrected chi connectivity index (χ4v) is 3.45. The molecule has 0 bridgehead atoms. The van der Waals surface area contributed by atoms with Gasteiger partial charge in [0.05, 0.1) is 6.61 Å². The van der Waals surface area contributed by atoms with Gasteiger partial charge in [-0.3, -0.25) is 9.59 Å². The molecular weight excluding hydrogens is 344 g/mol. The Hall–Kier alpha value is -1.63. The Labute approximate surface area is 152 Å². The number of hydrogen-bond acceptors (Lipinski definition) is 4. The highest BCUT2D eigenvalue weighted by atomic mass is 35.5. The van der Waals surface area contributed by atoms with Gasteiger partial charge >= 0.3 is 11.8 Å². The molecule has 6 nitrogen and oxygen atoms in total. The van der Waals surface area contributed by atoms with Gasteiger partial charge in [-0.05, 0) is 37.5 Å². The summed E-state index contributed by atoms with van der Waals surface area (Å²) in [4.78, 5) is 24.1. The van der Waals surface area contributed by atoms with Gasteiger partial charge in [0.1, 0.15) is 6.10 Å². The Kier molecular flexibility index (Phi) is 5.61. The number of carbonyl (C=O) groups excluding carboxylic acids is 2. The van der Waals surface area contributed by atoms with Crippen LogP contribution in [0.3, 0.4) is 0 Å². The van der Waals surface area contributed by atoms with Crippen molar-refractivity contribution in [3.63, 3.8) is 0 Å². The van der Waals surface area contributed by atoms with Crippen molar-refractivity contribution < 1.29 is 19.1 Å². The van der Waals surface area contributed by atoms with Crippen molar-refractivity contribution in [3.05, 3.63) is 28.8 Å². The first-order chi connectivity index (χ1) is 12.0. The predicted molar refractivity (Wildman–Crippen MR) is 94.5 cm³/mol. The molecule has 1 saturated heterocycles. The van der Waals surface area contributed by atoms with Crippen molar-refractivity contribution >= 4 is 29.1 Å². The van der Waals surface area contributed by atoms with Crippen LogP contribution in [0.4, 0.5) is 5.69 Å². The van der Waals surface area contributed by atoms with Crippen LogP contribution < -0.4 is 10.6 Å². The molecule has 1 aromatic rings. The average Bonchev–Trinajstić information content (AvgIpc) is 2.99. The standard InChI is InChI=1S/C18H23ClN2O4/c1-12-14(19)6-5-7-15(12)21-17(23)16(22)20-10-13-11-24-18(25-13)8-3-2-4-9-18/h5-7,13H,2-4,8-11H2,1H3,(H,20,22)(H,21,23). The lowest BCUT2D eigenvalue weighted by Gasteiger charge is -2.31. The minimum atomic E-state index is -0.725. The Bertz CT molecular complexity index is 658. The topological polar surface area (TPSA) is 76.7 Å². The van der Waals surface area contributed by atoms with Crippen LogP contribution >= 0.6 is 11.6 Å². The molecule has 2 fully saturated rings. The second-order valence-electron chi connectivity index (χ2n) is 6.60. The average molecular weight is 367 g/mol. The zero-order valence-corrected chi connectivity index (χ0v) is 15.0. The molecular formula is C18H23ClN2O4. The summed E-state index contributed by atoms with van der Waals surface area (Å²) in [6, 6.07) is 5.15. The lowest BCUT2D eigenvalue weighted by molar-refractivity contribution is -0.186. The van der Waals surface area contributed by atoms with Crippen LogP contribution in [0.1, 0.15) is 37.7 Å². The van der Waals surface area contributed by atoms with Crippen LogP contribution in [0.2, 0.25) is 5.02 Å². The number of ether oxygens (including phenoxy) is 2. The second-order valence-corrected chi connectivity index (χ2v) is 7.01. The Morgan fingerprint density at radius 2 is 2.00 bits per heavy atom. The van der Waals surface area contributed by atoms with Crippen LogP contribution in [0, 0.1) is 6.92 Å². The third-order valence-corrected chi connectivity index (χ3v) is 5.15. The van der Waals surface area contributed by atoms with E-state index in [0.717, 1.165) is 31.2 Å². The molecule has 1 spiro atoms. The number of amides is 2. The van der Waals surface area contributed by atoms with E-state index < -0.39 is 17.6 Å². The number of rotatable bonds is 3. The minimum absolute atomic E-state index is 0.220. The molecule has 1 atom stereocenters. The van der Waals surface area contributed by atoms with Crippen molar-refractivity contribution in [3.8, 4) is 0 Å². The van der Waals surface area contributed by atoms with Crippen LogP contribution in [0.15, 0.2) is 18.2 Å². The summed E-state index contributed by atoms with van der Waals surface area (Å²) in [5.74, 6) is -1.91. The molecule has 1 aromatic carbocycles. The molecule has 1 saturated carbocycles. The molecule has 1 heterocycles. The van der Waals surface area contributed by atoms with Crippen molar-refractivity contribution in [2.45, 2.75) is 50.9 Å². The van der Waals surface area contributed by atoms with Gasteiger partial charge in [0.15, 0.2) is 5.79 Å². The molecule has 136 valence electrons. The molecule has 7 heteroatoms. The number of anilines is 1. The minimum Gasteiger partial charge on any atom is -0.347 e. The zero-order chi connectivity index (χ0) is 17.9. The molecule has 2 amide bonds.